The standard InChI is InChI=1S/C15H20N2O.ClH/c16-13(10-5-2-1-3-6-10)9-17-15(18)14-11-7-4-8-12(11)14;/h1-3,5-6,11-14H,4,7-9,16H2,(H,17,18);1H. The lowest BCUT2D eigenvalue weighted by Crippen LogP contribution is -2.33. The summed E-state index contributed by atoms with van der Waals surface area (Å²) in [6, 6.07) is 9.82. The summed E-state index contributed by atoms with van der Waals surface area (Å²) in [5.74, 6) is 1.87. The Morgan fingerprint density at radius 2 is 1.89 bits per heavy atom. The number of carbonyl (C=O) groups excluding carboxylic acids is 1. The van der Waals surface area contributed by atoms with E-state index in [9.17, 15) is 4.79 Å². The Hall–Kier alpha value is -1.06. The van der Waals surface area contributed by atoms with Gasteiger partial charge in [-0.05, 0) is 30.2 Å². The number of nitrogens with two attached hydrogens (primary N) is 1. The van der Waals surface area contributed by atoms with Crippen LogP contribution in [0, 0.1) is 17.8 Å². The first-order valence-electron chi connectivity index (χ1n) is 6.85. The van der Waals surface area contributed by atoms with Crippen molar-refractivity contribution in [2.24, 2.45) is 23.5 Å². The highest BCUT2D eigenvalue weighted by Crippen LogP contribution is 2.57. The highest BCUT2D eigenvalue weighted by atomic mass is 35.5. The van der Waals surface area contributed by atoms with Crippen LogP contribution >= 0.6 is 12.4 Å². The molecule has 0 radical (unpaired) electrons. The molecule has 1 amide bonds. The second kappa shape index (κ2) is 5.93. The van der Waals surface area contributed by atoms with Crippen LogP contribution in [0.4, 0.5) is 0 Å². The van der Waals surface area contributed by atoms with Gasteiger partial charge in [0.15, 0.2) is 0 Å². The molecule has 1 aromatic rings. The van der Waals surface area contributed by atoms with Gasteiger partial charge in [-0.1, -0.05) is 36.8 Å². The maximum atomic E-state index is 12.0. The Balaban J connectivity index is 0.00000133. The predicted molar refractivity (Wildman–Crippen MR) is 77.9 cm³/mol. The van der Waals surface area contributed by atoms with Gasteiger partial charge in [0.2, 0.25) is 5.91 Å². The summed E-state index contributed by atoms with van der Waals surface area (Å²) >= 11 is 0. The number of rotatable bonds is 4. The van der Waals surface area contributed by atoms with E-state index in [1.54, 1.807) is 0 Å². The lowest BCUT2D eigenvalue weighted by molar-refractivity contribution is -0.123. The van der Waals surface area contributed by atoms with Crippen molar-refractivity contribution < 1.29 is 4.79 Å². The van der Waals surface area contributed by atoms with E-state index in [2.05, 4.69) is 5.32 Å². The molecule has 2 fully saturated rings. The van der Waals surface area contributed by atoms with E-state index in [0.29, 0.717) is 24.3 Å². The molecule has 2 saturated carbocycles. The van der Waals surface area contributed by atoms with Gasteiger partial charge in [-0.3, -0.25) is 4.79 Å². The lowest BCUT2D eigenvalue weighted by atomic mass is 10.1. The van der Waals surface area contributed by atoms with Crippen LogP contribution in [-0.4, -0.2) is 12.5 Å². The van der Waals surface area contributed by atoms with Crippen LogP contribution in [-0.2, 0) is 4.79 Å². The molecule has 104 valence electrons. The fourth-order valence-electron chi connectivity index (χ4n) is 3.36. The molecule has 2 aliphatic rings. The number of hydrogen-bond acceptors (Lipinski definition) is 2. The van der Waals surface area contributed by atoms with E-state index in [1.165, 1.54) is 19.3 Å². The normalized spacial score (nSPS) is 29.0. The van der Waals surface area contributed by atoms with Gasteiger partial charge in [0.25, 0.3) is 0 Å². The highest BCUT2D eigenvalue weighted by Gasteiger charge is 2.56. The molecule has 3 unspecified atom stereocenters. The maximum absolute atomic E-state index is 12.0. The van der Waals surface area contributed by atoms with Crippen molar-refractivity contribution in [1.82, 2.24) is 5.32 Å². The molecule has 0 heterocycles. The Morgan fingerprint density at radius 3 is 2.53 bits per heavy atom. The third kappa shape index (κ3) is 2.93. The molecule has 3 nitrogen and oxygen atoms in total. The average molecular weight is 281 g/mol. The van der Waals surface area contributed by atoms with Crippen molar-refractivity contribution in [3.05, 3.63) is 35.9 Å². The summed E-state index contributed by atoms with van der Waals surface area (Å²) < 4.78 is 0. The Bertz CT molecular complexity index is 427. The Morgan fingerprint density at radius 1 is 1.26 bits per heavy atom. The molecule has 3 atom stereocenters. The van der Waals surface area contributed by atoms with Crippen molar-refractivity contribution in [3.63, 3.8) is 0 Å². The molecule has 0 saturated heterocycles. The molecule has 0 bridgehead atoms. The number of fused-ring (bicyclic) bond motifs is 1. The quantitative estimate of drug-likeness (QED) is 0.889. The van der Waals surface area contributed by atoms with E-state index in [1.807, 2.05) is 30.3 Å². The molecule has 3 N–H and O–H groups in total. The molecular formula is C15H21ClN2O. The molecule has 0 aromatic heterocycles. The number of hydrogen-bond donors (Lipinski definition) is 2. The second-order valence-electron chi connectivity index (χ2n) is 5.55. The first-order valence-corrected chi connectivity index (χ1v) is 6.85. The van der Waals surface area contributed by atoms with E-state index in [0.717, 1.165) is 5.56 Å². The number of nitrogens with one attached hydrogen (secondary N) is 1. The van der Waals surface area contributed by atoms with Gasteiger partial charge in [0.1, 0.15) is 0 Å². The number of carbonyl (C=O) groups is 1. The molecule has 0 aliphatic heterocycles. The van der Waals surface area contributed by atoms with Crippen LogP contribution in [0.25, 0.3) is 0 Å². The molecule has 1 aromatic carbocycles. The first kappa shape index (κ1) is 14.4. The second-order valence-corrected chi connectivity index (χ2v) is 5.55. The van der Waals surface area contributed by atoms with Crippen molar-refractivity contribution in [2.45, 2.75) is 25.3 Å². The van der Waals surface area contributed by atoms with Gasteiger partial charge in [-0.2, -0.15) is 0 Å². The van der Waals surface area contributed by atoms with Crippen molar-refractivity contribution in [2.75, 3.05) is 6.54 Å². The lowest BCUT2D eigenvalue weighted by Gasteiger charge is -2.13. The van der Waals surface area contributed by atoms with E-state index in [-0.39, 0.29) is 24.4 Å². The molecule has 0 spiro atoms. The monoisotopic (exact) mass is 280 g/mol. The van der Waals surface area contributed by atoms with Crippen molar-refractivity contribution in [3.8, 4) is 0 Å². The third-order valence-electron chi connectivity index (χ3n) is 4.43. The van der Waals surface area contributed by atoms with Crippen LogP contribution in [0.1, 0.15) is 30.9 Å². The SMILES string of the molecule is Cl.NC(CNC(=O)C1C2CCCC21)c1ccccc1. The van der Waals surface area contributed by atoms with Crippen LogP contribution in [0.2, 0.25) is 0 Å². The summed E-state index contributed by atoms with van der Waals surface area (Å²) in [7, 11) is 0. The van der Waals surface area contributed by atoms with E-state index in [4.69, 9.17) is 5.73 Å². The minimum Gasteiger partial charge on any atom is -0.354 e. The summed E-state index contributed by atoms with van der Waals surface area (Å²) in [5.41, 5.74) is 7.14. The third-order valence-corrected chi connectivity index (χ3v) is 4.43. The molecule has 2 aliphatic carbocycles. The number of benzene rings is 1. The molecule has 3 rings (SSSR count). The zero-order valence-corrected chi connectivity index (χ0v) is 11.7. The van der Waals surface area contributed by atoms with Gasteiger partial charge in [0.05, 0.1) is 0 Å². The van der Waals surface area contributed by atoms with Crippen LogP contribution in [0.15, 0.2) is 30.3 Å². The average Bonchev–Trinajstić information content (AvgIpc) is 2.90. The first-order chi connectivity index (χ1) is 8.77. The summed E-state index contributed by atoms with van der Waals surface area (Å²) in [6.07, 6.45) is 3.80. The molecule has 4 heteroatoms. The largest absolute Gasteiger partial charge is 0.354 e. The Kier molecular flexibility index (Phi) is 4.48. The van der Waals surface area contributed by atoms with Gasteiger partial charge in [-0.25, -0.2) is 0 Å². The number of halogens is 1. The van der Waals surface area contributed by atoms with Crippen molar-refractivity contribution in [1.29, 1.82) is 0 Å². The summed E-state index contributed by atoms with van der Waals surface area (Å²) in [4.78, 5) is 12.0. The fraction of sp³-hybridized carbons (Fsp3) is 0.533. The van der Waals surface area contributed by atoms with Gasteiger partial charge < -0.3 is 11.1 Å². The highest BCUT2D eigenvalue weighted by molar-refractivity contribution is 5.85. The van der Waals surface area contributed by atoms with E-state index >= 15 is 0 Å². The minimum absolute atomic E-state index is 0. The maximum Gasteiger partial charge on any atom is 0.223 e. The van der Waals surface area contributed by atoms with Gasteiger partial charge in [-0.15, -0.1) is 12.4 Å². The number of amides is 1. The molecule has 19 heavy (non-hydrogen) atoms. The minimum atomic E-state index is -0.103. The topological polar surface area (TPSA) is 55.1 Å². The van der Waals surface area contributed by atoms with E-state index < -0.39 is 0 Å². The van der Waals surface area contributed by atoms with Gasteiger partial charge in [0, 0.05) is 18.5 Å². The zero-order chi connectivity index (χ0) is 12.5. The summed E-state index contributed by atoms with van der Waals surface area (Å²) in [5, 5.41) is 3.01. The fourth-order valence-corrected chi connectivity index (χ4v) is 3.36. The summed E-state index contributed by atoms with van der Waals surface area (Å²) in [6.45, 7) is 0.540. The Labute approximate surface area is 120 Å². The van der Waals surface area contributed by atoms with Crippen LogP contribution in [0.5, 0.6) is 0 Å². The molecular weight excluding hydrogens is 260 g/mol. The predicted octanol–water partition coefficient (Wildman–Crippen LogP) is 2.27. The smallest absolute Gasteiger partial charge is 0.223 e. The van der Waals surface area contributed by atoms with Gasteiger partial charge >= 0.3 is 0 Å². The zero-order valence-electron chi connectivity index (χ0n) is 10.9. The van der Waals surface area contributed by atoms with Crippen LogP contribution < -0.4 is 11.1 Å². The van der Waals surface area contributed by atoms with Crippen molar-refractivity contribution >= 4 is 18.3 Å². The van der Waals surface area contributed by atoms with Crippen LogP contribution in [0.3, 0.4) is 0 Å².